The van der Waals surface area contributed by atoms with Crippen LogP contribution in [0.25, 0.3) is 0 Å². The van der Waals surface area contributed by atoms with E-state index >= 15 is 0 Å². The SMILES string of the molecule is O=S(O)(O)=[Se].[Na+]. The second-order valence-corrected chi connectivity index (χ2v) is 4.08. The van der Waals surface area contributed by atoms with Gasteiger partial charge in [-0.2, -0.15) is 0 Å². The first-order valence-electron chi connectivity index (χ1n) is 0.698. The Kier molecular flexibility index (Phi) is 6.28. The fraction of sp³-hybridized carbons (Fsp3) is 0. The van der Waals surface area contributed by atoms with Crippen molar-refractivity contribution in [2.45, 2.75) is 0 Å². The Hall–Kier alpha value is 1.59. The summed E-state index contributed by atoms with van der Waals surface area (Å²) in [6.07, 6.45) is 0. The zero-order valence-electron chi connectivity index (χ0n) is 3.12. The predicted molar refractivity (Wildman–Crippen MR) is 19.2 cm³/mol. The average molecular weight is 184 g/mol. The summed E-state index contributed by atoms with van der Waals surface area (Å²) in [6, 6.07) is 0. The molecule has 0 atom stereocenters. The Morgan fingerprint density at radius 3 is 1.50 bits per heavy atom. The second-order valence-electron chi connectivity index (χ2n) is 0.448. The molecule has 0 aromatic rings. The Labute approximate surface area is 65.1 Å². The van der Waals surface area contributed by atoms with Gasteiger partial charge in [0.1, 0.15) is 0 Å². The molecule has 0 saturated heterocycles. The molecule has 0 saturated carbocycles. The van der Waals surface area contributed by atoms with Crippen LogP contribution in [0.2, 0.25) is 0 Å². The van der Waals surface area contributed by atoms with E-state index in [-0.39, 0.29) is 29.6 Å². The maximum atomic E-state index is 9.24. The van der Waals surface area contributed by atoms with Gasteiger partial charge in [0.15, 0.2) is 0 Å². The van der Waals surface area contributed by atoms with Crippen LogP contribution >= 0.6 is 0 Å². The summed E-state index contributed by atoms with van der Waals surface area (Å²) in [5.41, 5.74) is 0. The molecule has 0 rings (SSSR count). The molecule has 0 aliphatic carbocycles. The molecule has 0 unspecified atom stereocenters. The van der Waals surface area contributed by atoms with Gasteiger partial charge in [-0.3, -0.25) is 0 Å². The van der Waals surface area contributed by atoms with Gasteiger partial charge in [-0.25, -0.2) is 0 Å². The minimum Gasteiger partial charge on any atom is 1.00 e. The summed E-state index contributed by atoms with van der Waals surface area (Å²) < 4.78 is 24.3. The minimum absolute atomic E-state index is 0. The van der Waals surface area contributed by atoms with Gasteiger partial charge < -0.3 is 0 Å². The van der Waals surface area contributed by atoms with Crippen molar-refractivity contribution in [1.29, 1.82) is 0 Å². The van der Waals surface area contributed by atoms with Crippen LogP contribution in [-0.2, 0) is 8.42 Å². The molecule has 0 amide bonds. The fourth-order valence-corrected chi connectivity index (χ4v) is 0. The first-order valence-corrected chi connectivity index (χ1v) is 4.19. The van der Waals surface area contributed by atoms with Gasteiger partial charge in [-0.1, -0.05) is 0 Å². The molecular weight excluding hydrogens is 182 g/mol. The number of rotatable bonds is 0. The van der Waals surface area contributed by atoms with E-state index in [4.69, 9.17) is 9.11 Å². The standard InChI is InChI=1S/Na.H2O3SSe/c;1-4(2,3)5/h;(H2,1,2,3,5)/q+1;. The smallest absolute Gasteiger partial charge is 1.00 e. The normalized spacial score (nSPS) is 9.67. The van der Waals surface area contributed by atoms with Crippen molar-refractivity contribution in [3.05, 3.63) is 0 Å². The quantitative estimate of drug-likeness (QED) is 0.381. The van der Waals surface area contributed by atoms with Crippen LogP contribution in [0.15, 0.2) is 0 Å². The maximum absolute atomic E-state index is 9.24. The minimum atomic E-state index is -3.54. The van der Waals surface area contributed by atoms with Gasteiger partial charge >= 0.3 is 65.7 Å². The molecule has 6 heavy (non-hydrogen) atoms. The molecule has 6 heteroatoms. The predicted octanol–water partition coefficient (Wildman–Crippen LogP) is -3.70. The third-order valence-electron chi connectivity index (χ3n) is 0. The van der Waals surface area contributed by atoms with E-state index in [9.17, 15) is 4.21 Å². The van der Waals surface area contributed by atoms with Gasteiger partial charge in [0.25, 0.3) is 0 Å². The van der Waals surface area contributed by atoms with Gasteiger partial charge in [-0.15, -0.1) is 0 Å². The average Bonchev–Trinajstić information content (AvgIpc) is 0.722. The summed E-state index contributed by atoms with van der Waals surface area (Å²) in [4.78, 5) is 0. The molecule has 0 aliphatic heterocycles. The van der Waals surface area contributed by atoms with Crippen molar-refractivity contribution in [3.8, 4) is 0 Å². The molecule has 0 aliphatic rings. The van der Waals surface area contributed by atoms with Crippen molar-refractivity contribution in [1.82, 2.24) is 0 Å². The van der Waals surface area contributed by atoms with Gasteiger partial charge in [0, 0.05) is 0 Å². The van der Waals surface area contributed by atoms with E-state index in [1.54, 1.807) is 14.4 Å². The largest absolute Gasteiger partial charge is 1.00 e. The van der Waals surface area contributed by atoms with E-state index in [2.05, 4.69) is 0 Å². The first kappa shape index (κ1) is 10.5. The fourth-order valence-electron chi connectivity index (χ4n) is 0. The third-order valence-corrected chi connectivity index (χ3v) is 0. The molecule has 0 aromatic carbocycles. The molecular formula is H2NaO3SSe+. The van der Waals surface area contributed by atoms with Crippen LogP contribution < -0.4 is 29.6 Å². The van der Waals surface area contributed by atoms with Crippen LogP contribution in [-0.4, -0.2) is 27.7 Å². The summed E-state index contributed by atoms with van der Waals surface area (Å²) in [5, 5.41) is 0. The van der Waals surface area contributed by atoms with E-state index in [1.165, 1.54) is 0 Å². The summed E-state index contributed by atoms with van der Waals surface area (Å²) in [6.45, 7) is 0. The van der Waals surface area contributed by atoms with Crippen LogP contribution in [0.1, 0.15) is 0 Å². The van der Waals surface area contributed by atoms with Crippen LogP contribution in [0.5, 0.6) is 0 Å². The van der Waals surface area contributed by atoms with Crippen LogP contribution in [0.3, 0.4) is 0 Å². The van der Waals surface area contributed by atoms with E-state index in [1.807, 2.05) is 0 Å². The Balaban J connectivity index is 0. The summed E-state index contributed by atoms with van der Waals surface area (Å²) in [5.74, 6) is 0. The molecule has 32 valence electrons. The zero-order chi connectivity index (χ0) is 4.50. The molecule has 2 N–H and O–H groups in total. The van der Waals surface area contributed by atoms with Gasteiger partial charge in [0.2, 0.25) is 0 Å². The summed E-state index contributed by atoms with van der Waals surface area (Å²) >= 11 is 1.62. The topological polar surface area (TPSA) is 57.5 Å². The van der Waals surface area contributed by atoms with Crippen molar-refractivity contribution in [2.75, 3.05) is 0 Å². The summed E-state index contributed by atoms with van der Waals surface area (Å²) in [7, 11) is -3.54. The van der Waals surface area contributed by atoms with Crippen molar-refractivity contribution in [2.24, 2.45) is 0 Å². The number of hydrogen-bond donors (Lipinski definition) is 2. The van der Waals surface area contributed by atoms with Crippen LogP contribution in [0.4, 0.5) is 0 Å². The van der Waals surface area contributed by atoms with E-state index < -0.39 is 8.42 Å². The maximum Gasteiger partial charge on any atom is 1.00 e. The van der Waals surface area contributed by atoms with Gasteiger partial charge in [0.05, 0.1) is 0 Å². The third kappa shape index (κ3) is 46.6. The van der Waals surface area contributed by atoms with Crippen molar-refractivity contribution >= 4 is 22.8 Å². The molecule has 0 spiro atoms. The number of hydrogen-bond acceptors (Lipinski definition) is 1. The Morgan fingerprint density at radius 2 is 1.50 bits per heavy atom. The molecule has 3 nitrogen and oxygen atoms in total. The van der Waals surface area contributed by atoms with Crippen molar-refractivity contribution < 1.29 is 42.9 Å². The van der Waals surface area contributed by atoms with Crippen molar-refractivity contribution in [3.63, 3.8) is 0 Å². The second kappa shape index (κ2) is 3.57. The van der Waals surface area contributed by atoms with Gasteiger partial charge in [-0.05, 0) is 0 Å². The van der Waals surface area contributed by atoms with E-state index in [0.717, 1.165) is 0 Å². The zero-order valence-corrected chi connectivity index (χ0v) is 7.65. The molecule has 0 aromatic heterocycles. The van der Waals surface area contributed by atoms with Crippen LogP contribution in [0, 0.1) is 0 Å². The Bertz CT molecular complexity index is 94.0. The molecule has 0 heterocycles. The molecule has 0 bridgehead atoms. The molecule has 0 radical (unpaired) electrons. The van der Waals surface area contributed by atoms with E-state index in [0.29, 0.717) is 0 Å². The monoisotopic (exact) mass is 185 g/mol. The first-order chi connectivity index (χ1) is 2.00. The molecule has 0 fully saturated rings. The Morgan fingerprint density at radius 1 is 1.50 bits per heavy atom.